The van der Waals surface area contributed by atoms with E-state index in [4.69, 9.17) is 14.7 Å². The molecule has 0 spiro atoms. The van der Waals surface area contributed by atoms with E-state index < -0.39 is 0 Å². The van der Waals surface area contributed by atoms with Gasteiger partial charge in [-0.3, -0.25) is 9.52 Å². The number of nitrogens with one attached hydrogen (secondary N) is 2. The summed E-state index contributed by atoms with van der Waals surface area (Å²) < 4.78 is 9.86. The summed E-state index contributed by atoms with van der Waals surface area (Å²) in [5.74, 6) is 1.50. The van der Waals surface area contributed by atoms with Gasteiger partial charge in [0, 0.05) is 40.2 Å². The van der Waals surface area contributed by atoms with Crippen molar-refractivity contribution < 1.29 is 9.53 Å². The monoisotopic (exact) mass is 627 g/mol. The van der Waals surface area contributed by atoms with E-state index in [2.05, 4.69) is 74.7 Å². The first-order chi connectivity index (χ1) is 21.5. The van der Waals surface area contributed by atoms with Crippen molar-refractivity contribution in [2.75, 3.05) is 11.3 Å². The van der Waals surface area contributed by atoms with Gasteiger partial charge in [0.05, 0.1) is 11.7 Å². The molecule has 1 atom stereocenters. The highest BCUT2D eigenvalue weighted by Crippen LogP contribution is 2.38. The topological polar surface area (TPSA) is 79.4 Å². The number of aryl methyl sites for hydroxylation is 2. The van der Waals surface area contributed by atoms with Gasteiger partial charge in [0.2, 0.25) is 11.8 Å². The molecule has 4 bridgehead atoms. The van der Waals surface area contributed by atoms with Crippen LogP contribution in [0.1, 0.15) is 94.1 Å². The van der Waals surface area contributed by atoms with Crippen LogP contribution in [0.5, 0.6) is 5.88 Å². The van der Waals surface area contributed by atoms with Gasteiger partial charge in [-0.15, -0.1) is 0 Å². The fraction of sp³-hybridized carbons (Fsp3) is 0.541. The van der Waals surface area contributed by atoms with Gasteiger partial charge in [-0.2, -0.15) is 4.98 Å². The number of carbonyl (C=O) groups excluding carboxylic acids is 1. The third-order valence-electron chi connectivity index (χ3n) is 9.89. The highest BCUT2D eigenvalue weighted by atomic mass is 32.2. The van der Waals surface area contributed by atoms with Gasteiger partial charge < -0.3 is 15.0 Å². The van der Waals surface area contributed by atoms with Gasteiger partial charge in [-0.1, -0.05) is 52.0 Å². The predicted octanol–water partition coefficient (Wildman–Crippen LogP) is 8.22. The Labute approximate surface area is 273 Å². The number of aromatic nitrogens is 2. The molecule has 3 aromatic rings. The van der Waals surface area contributed by atoms with Crippen LogP contribution < -0.4 is 14.8 Å². The zero-order chi connectivity index (χ0) is 31.7. The Morgan fingerprint density at radius 1 is 1.02 bits per heavy atom. The fourth-order valence-corrected chi connectivity index (χ4v) is 7.94. The summed E-state index contributed by atoms with van der Waals surface area (Å²) in [4.78, 5) is 27.2. The van der Waals surface area contributed by atoms with Crippen LogP contribution in [0.2, 0.25) is 0 Å². The summed E-state index contributed by atoms with van der Waals surface area (Å²) in [5, 5.41) is 3.95. The van der Waals surface area contributed by atoms with Crippen molar-refractivity contribution in [3.8, 4) is 17.1 Å². The summed E-state index contributed by atoms with van der Waals surface area (Å²) >= 11 is 1.42. The van der Waals surface area contributed by atoms with Gasteiger partial charge in [0.15, 0.2) is 0 Å². The van der Waals surface area contributed by atoms with E-state index in [-0.39, 0.29) is 18.0 Å². The van der Waals surface area contributed by atoms with E-state index in [9.17, 15) is 4.79 Å². The zero-order valence-electron chi connectivity index (χ0n) is 27.7. The number of rotatable bonds is 6. The maximum atomic E-state index is 14.4. The second-order valence-electron chi connectivity index (χ2n) is 14.6. The molecule has 1 unspecified atom stereocenters. The molecule has 2 saturated carbocycles. The number of hydrogen-bond acceptors (Lipinski definition) is 7. The Kier molecular flexibility index (Phi) is 9.44. The van der Waals surface area contributed by atoms with Crippen LogP contribution in [-0.4, -0.2) is 51.5 Å². The first kappa shape index (κ1) is 31.9. The molecule has 0 saturated heterocycles. The first-order valence-electron chi connectivity index (χ1n) is 16.7. The van der Waals surface area contributed by atoms with E-state index in [1.165, 1.54) is 37.6 Å². The maximum Gasteiger partial charge on any atom is 0.254 e. The minimum absolute atomic E-state index is 0.0778. The SMILES string of the molecule is Cc1cccc(C)c1-c1cc2nc(n1)NSc1cccc(c1)C(=O)N(C1CC(NC3CCC(C)(C)CC3)C1)C(CC(C)C)CO2. The molecule has 3 aliphatic rings. The molecule has 2 aliphatic carbocycles. The van der Waals surface area contributed by atoms with E-state index >= 15 is 0 Å². The number of amides is 1. The number of fused-ring (bicyclic) bond motifs is 4. The molecule has 1 aliphatic heterocycles. The smallest absolute Gasteiger partial charge is 0.254 e. The van der Waals surface area contributed by atoms with E-state index in [0.717, 1.165) is 46.5 Å². The number of ether oxygens (including phenoxy) is 1. The van der Waals surface area contributed by atoms with Crippen LogP contribution in [0.25, 0.3) is 11.3 Å². The van der Waals surface area contributed by atoms with Crippen molar-refractivity contribution >= 4 is 23.8 Å². The number of anilines is 1. The number of benzene rings is 2. The normalized spacial score (nSPS) is 23.7. The molecule has 8 heteroatoms. The summed E-state index contributed by atoms with van der Waals surface area (Å²) in [6, 6.07) is 17.3. The van der Waals surface area contributed by atoms with Gasteiger partial charge in [-0.25, -0.2) is 4.98 Å². The van der Waals surface area contributed by atoms with Gasteiger partial charge in [-0.05, 0) is 111 Å². The molecule has 2 N–H and O–H groups in total. The molecular formula is C37H49N5O2S. The lowest BCUT2D eigenvalue weighted by Gasteiger charge is -2.48. The maximum absolute atomic E-state index is 14.4. The molecule has 45 heavy (non-hydrogen) atoms. The lowest BCUT2D eigenvalue weighted by atomic mass is 9.74. The van der Waals surface area contributed by atoms with Crippen LogP contribution in [0.4, 0.5) is 5.95 Å². The highest BCUT2D eigenvalue weighted by molar-refractivity contribution is 8.00. The molecule has 240 valence electrons. The zero-order valence-corrected chi connectivity index (χ0v) is 28.5. The molecule has 0 radical (unpaired) electrons. The van der Waals surface area contributed by atoms with Crippen molar-refractivity contribution in [2.45, 2.75) is 116 Å². The Bertz CT molecular complexity index is 1490. The Balaban J connectivity index is 1.29. The van der Waals surface area contributed by atoms with Crippen molar-refractivity contribution in [1.29, 1.82) is 0 Å². The molecule has 1 amide bonds. The molecule has 2 fully saturated rings. The standard InChI is InChI=1S/C37H49N5O2S/c1-23(2)17-30-22-44-33-21-32(34-24(3)9-7-10-25(34)4)39-36(40-33)41-45-31-12-8-11-26(18-31)35(43)42(30)29-19-28(20-29)38-27-13-15-37(5,6)16-14-27/h7-12,18,21,23,27-30,38H,13-17,19-20,22H2,1-6H3,(H,39,40,41). The minimum atomic E-state index is -0.0778. The third kappa shape index (κ3) is 7.49. The third-order valence-corrected chi connectivity index (χ3v) is 10.7. The molecule has 2 heterocycles. The van der Waals surface area contributed by atoms with Crippen molar-refractivity contribution in [2.24, 2.45) is 11.3 Å². The average Bonchev–Trinajstić information content (AvgIpc) is 2.98. The number of carbonyl (C=O) groups is 1. The van der Waals surface area contributed by atoms with Crippen LogP contribution in [0.3, 0.4) is 0 Å². The Hall–Kier alpha value is -3.10. The first-order valence-corrected chi connectivity index (χ1v) is 17.6. The minimum Gasteiger partial charge on any atom is -0.475 e. The van der Waals surface area contributed by atoms with E-state index in [1.807, 2.05) is 30.3 Å². The van der Waals surface area contributed by atoms with Crippen molar-refractivity contribution in [3.63, 3.8) is 0 Å². The van der Waals surface area contributed by atoms with Crippen molar-refractivity contribution in [1.82, 2.24) is 20.2 Å². The summed E-state index contributed by atoms with van der Waals surface area (Å²) in [6.07, 6.45) is 7.84. The molecule has 2 aromatic carbocycles. The largest absolute Gasteiger partial charge is 0.475 e. The quantitative estimate of drug-likeness (QED) is 0.267. The van der Waals surface area contributed by atoms with Crippen LogP contribution in [-0.2, 0) is 0 Å². The van der Waals surface area contributed by atoms with Crippen LogP contribution in [0, 0.1) is 25.2 Å². The summed E-state index contributed by atoms with van der Waals surface area (Å²) in [7, 11) is 0. The lowest BCUT2D eigenvalue weighted by Crippen LogP contribution is -2.60. The van der Waals surface area contributed by atoms with E-state index in [1.54, 1.807) is 0 Å². The van der Waals surface area contributed by atoms with E-state index in [0.29, 0.717) is 47.4 Å². The molecule has 6 rings (SSSR count). The summed E-state index contributed by atoms with van der Waals surface area (Å²) in [5.41, 5.74) is 5.40. The number of nitrogens with zero attached hydrogens (tertiary/aromatic N) is 3. The average molecular weight is 628 g/mol. The Morgan fingerprint density at radius 2 is 1.73 bits per heavy atom. The van der Waals surface area contributed by atoms with Gasteiger partial charge >= 0.3 is 0 Å². The van der Waals surface area contributed by atoms with Crippen molar-refractivity contribution in [3.05, 3.63) is 65.2 Å². The number of hydrogen-bond donors (Lipinski definition) is 2. The Morgan fingerprint density at radius 3 is 2.44 bits per heavy atom. The highest BCUT2D eigenvalue weighted by Gasteiger charge is 2.41. The molecular weight excluding hydrogens is 579 g/mol. The second-order valence-corrected chi connectivity index (χ2v) is 15.5. The lowest BCUT2D eigenvalue weighted by molar-refractivity contribution is 0.0186. The predicted molar refractivity (Wildman–Crippen MR) is 184 cm³/mol. The fourth-order valence-electron chi connectivity index (χ4n) is 7.31. The van der Waals surface area contributed by atoms with Gasteiger partial charge in [0.25, 0.3) is 5.91 Å². The van der Waals surface area contributed by atoms with Crippen LogP contribution in [0.15, 0.2) is 53.4 Å². The second kappa shape index (κ2) is 13.3. The molecule has 1 aromatic heterocycles. The van der Waals surface area contributed by atoms with Crippen LogP contribution >= 0.6 is 11.9 Å². The van der Waals surface area contributed by atoms with Gasteiger partial charge in [0.1, 0.15) is 6.61 Å². The molecule has 7 nitrogen and oxygen atoms in total. The summed E-state index contributed by atoms with van der Waals surface area (Å²) in [6.45, 7) is 13.8.